The lowest BCUT2D eigenvalue weighted by Gasteiger charge is -2.32. The van der Waals surface area contributed by atoms with Crippen LogP contribution in [0.1, 0.15) is 26.3 Å². The fourth-order valence-corrected chi connectivity index (χ4v) is 4.47. The maximum atomic E-state index is 13.6. The number of benzene rings is 2. The van der Waals surface area contributed by atoms with Gasteiger partial charge in [-0.15, -0.1) is 0 Å². The van der Waals surface area contributed by atoms with Crippen molar-refractivity contribution in [3.8, 4) is 11.5 Å². The van der Waals surface area contributed by atoms with E-state index >= 15 is 0 Å². The fraction of sp³-hybridized carbons (Fsp3) is 0.440. The Morgan fingerprint density at radius 3 is 2.33 bits per heavy atom. The summed E-state index contributed by atoms with van der Waals surface area (Å²) in [6, 6.07) is 10.7. The van der Waals surface area contributed by atoms with Crippen LogP contribution in [0.4, 0.5) is 5.69 Å². The van der Waals surface area contributed by atoms with Crippen LogP contribution in [-0.2, 0) is 26.2 Å². The Labute approximate surface area is 218 Å². The first-order chi connectivity index (χ1) is 16.9. The van der Waals surface area contributed by atoms with Crippen LogP contribution in [0.25, 0.3) is 0 Å². The highest BCUT2D eigenvalue weighted by Crippen LogP contribution is 2.33. The second kappa shape index (κ2) is 12.8. The number of carbonyl (C=O) groups is 2. The van der Waals surface area contributed by atoms with Gasteiger partial charge in [0.05, 0.1) is 26.2 Å². The third-order valence-electron chi connectivity index (χ3n) is 5.43. The van der Waals surface area contributed by atoms with Gasteiger partial charge in [-0.05, 0) is 48.7 Å². The summed E-state index contributed by atoms with van der Waals surface area (Å²) in [5, 5.41) is 3.12. The highest BCUT2D eigenvalue weighted by Gasteiger charge is 2.31. The smallest absolute Gasteiger partial charge is 0.244 e. The number of hydrogen-bond donors (Lipinski definition) is 1. The van der Waals surface area contributed by atoms with Gasteiger partial charge in [-0.1, -0.05) is 37.6 Å². The van der Waals surface area contributed by atoms with Gasteiger partial charge in [0, 0.05) is 18.1 Å². The average Bonchev–Trinajstić information content (AvgIpc) is 2.83. The first-order valence-electron chi connectivity index (χ1n) is 11.4. The Morgan fingerprint density at radius 1 is 1.06 bits per heavy atom. The van der Waals surface area contributed by atoms with Crippen LogP contribution in [0, 0.1) is 5.92 Å². The van der Waals surface area contributed by atoms with E-state index in [1.165, 1.54) is 31.3 Å². The second-order valence-corrected chi connectivity index (χ2v) is 11.1. The molecule has 0 heterocycles. The van der Waals surface area contributed by atoms with Gasteiger partial charge in [0.2, 0.25) is 21.8 Å². The number of nitrogens with zero attached hydrogens (tertiary/aromatic N) is 2. The van der Waals surface area contributed by atoms with Gasteiger partial charge in [-0.2, -0.15) is 0 Å². The molecule has 0 aliphatic heterocycles. The lowest BCUT2D eigenvalue weighted by Crippen LogP contribution is -2.51. The van der Waals surface area contributed by atoms with Gasteiger partial charge in [0.25, 0.3) is 0 Å². The second-order valence-electron chi connectivity index (χ2n) is 8.77. The van der Waals surface area contributed by atoms with Gasteiger partial charge >= 0.3 is 0 Å². The Hall–Kier alpha value is -2.98. The van der Waals surface area contributed by atoms with Crippen LogP contribution in [0.5, 0.6) is 11.5 Å². The maximum Gasteiger partial charge on any atom is 0.244 e. The Kier molecular flexibility index (Phi) is 10.4. The van der Waals surface area contributed by atoms with E-state index in [1.54, 1.807) is 37.3 Å². The Morgan fingerprint density at radius 2 is 1.75 bits per heavy atom. The van der Waals surface area contributed by atoms with Crippen molar-refractivity contribution in [3.05, 3.63) is 53.1 Å². The lowest BCUT2D eigenvalue weighted by molar-refractivity contribution is -0.139. The molecule has 1 atom stereocenters. The van der Waals surface area contributed by atoms with E-state index in [9.17, 15) is 18.0 Å². The highest BCUT2D eigenvalue weighted by atomic mass is 35.5. The minimum absolute atomic E-state index is 0.0661. The zero-order chi connectivity index (χ0) is 27.0. The molecule has 11 heteroatoms. The minimum Gasteiger partial charge on any atom is -0.497 e. The van der Waals surface area contributed by atoms with E-state index < -0.39 is 28.5 Å². The van der Waals surface area contributed by atoms with E-state index in [4.69, 9.17) is 21.1 Å². The lowest BCUT2D eigenvalue weighted by atomic mass is 10.1. The maximum absolute atomic E-state index is 13.6. The molecule has 2 amide bonds. The molecule has 0 unspecified atom stereocenters. The van der Waals surface area contributed by atoms with Crippen LogP contribution < -0.4 is 19.1 Å². The third kappa shape index (κ3) is 8.03. The molecule has 0 spiro atoms. The number of anilines is 1. The van der Waals surface area contributed by atoms with Crippen molar-refractivity contribution in [3.63, 3.8) is 0 Å². The zero-order valence-electron chi connectivity index (χ0n) is 21.4. The van der Waals surface area contributed by atoms with E-state index in [-0.39, 0.29) is 34.8 Å². The van der Waals surface area contributed by atoms with Crippen LogP contribution >= 0.6 is 11.6 Å². The van der Waals surface area contributed by atoms with Crippen molar-refractivity contribution in [1.82, 2.24) is 10.2 Å². The molecule has 2 aromatic rings. The van der Waals surface area contributed by atoms with Gasteiger partial charge < -0.3 is 19.7 Å². The highest BCUT2D eigenvalue weighted by molar-refractivity contribution is 7.92. The molecule has 0 saturated carbocycles. The van der Waals surface area contributed by atoms with Gasteiger partial charge in [0.15, 0.2) is 0 Å². The summed E-state index contributed by atoms with van der Waals surface area (Å²) in [5.74, 6) is 0.140. The van der Waals surface area contributed by atoms with Crippen LogP contribution in [0.2, 0.25) is 5.02 Å². The molecule has 0 aliphatic rings. The normalized spacial score (nSPS) is 12.1. The predicted molar refractivity (Wildman–Crippen MR) is 141 cm³/mol. The largest absolute Gasteiger partial charge is 0.497 e. The monoisotopic (exact) mass is 539 g/mol. The predicted octanol–water partition coefficient (Wildman–Crippen LogP) is 3.31. The first kappa shape index (κ1) is 29.3. The average molecular weight is 540 g/mol. The quantitative estimate of drug-likeness (QED) is 0.443. The summed E-state index contributed by atoms with van der Waals surface area (Å²) in [6.45, 7) is 5.49. The number of methoxy groups -OCH3 is 2. The van der Waals surface area contributed by atoms with Crippen molar-refractivity contribution in [1.29, 1.82) is 0 Å². The number of amides is 2. The number of nitrogens with one attached hydrogen (secondary N) is 1. The SMILES string of the molecule is COc1cccc(CN(C(=O)CN(c2cc(Cl)ccc2OC)S(C)(=O)=O)[C@@H](C)C(=O)NCC(C)C)c1. The summed E-state index contributed by atoms with van der Waals surface area (Å²) in [5.41, 5.74) is 0.844. The molecule has 0 bridgehead atoms. The standard InChI is InChI=1S/C25H34ClN3O6S/c1-17(2)14-27-25(31)18(3)28(15-19-8-7-9-21(12-19)34-4)24(30)16-29(36(6,32)33)22-13-20(26)10-11-23(22)35-5/h7-13,17-18H,14-16H2,1-6H3,(H,27,31)/t18-/m0/s1. The van der Waals surface area contributed by atoms with E-state index in [0.717, 1.165) is 16.1 Å². The Balaban J connectivity index is 2.45. The van der Waals surface area contributed by atoms with Crippen molar-refractivity contribution in [2.75, 3.05) is 37.9 Å². The molecular weight excluding hydrogens is 506 g/mol. The fourth-order valence-electron chi connectivity index (χ4n) is 3.46. The van der Waals surface area contributed by atoms with Crippen LogP contribution in [0.3, 0.4) is 0 Å². The van der Waals surface area contributed by atoms with E-state index in [2.05, 4.69) is 5.32 Å². The van der Waals surface area contributed by atoms with E-state index in [1.807, 2.05) is 13.8 Å². The molecule has 9 nitrogen and oxygen atoms in total. The minimum atomic E-state index is -3.92. The van der Waals surface area contributed by atoms with E-state index in [0.29, 0.717) is 12.3 Å². The van der Waals surface area contributed by atoms with Gasteiger partial charge in [0.1, 0.15) is 24.1 Å². The number of sulfonamides is 1. The summed E-state index contributed by atoms with van der Waals surface area (Å²) in [6.07, 6.45) is 0.992. The van der Waals surface area contributed by atoms with Gasteiger partial charge in [-0.25, -0.2) is 8.42 Å². The molecule has 2 rings (SSSR count). The number of rotatable bonds is 12. The number of hydrogen-bond acceptors (Lipinski definition) is 6. The molecule has 1 N–H and O–H groups in total. The zero-order valence-corrected chi connectivity index (χ0v) is 23.0. The topological polar surface area (TPSA) is 105 Å². The molecule has 0 aromatic heterocycles. The summed E-state index contributed by atoms with van der Waals surface area (Å²) < 4.78 is 37.0. The third-order valence-corrected chi connectivity index (χ3v) is 6.79. The molecule has 0 aliphatic carbocycles. The molecule has 36 heavy (non-hydrogen) atoms. The van der Waals surface area contributed by atoms with Crippen molar-refractivity contribution >= 4 is 39.1 Å². The number of ether oxygens (including phenoxy) is 2. The van der Waals surface area contributed by atoms with Crippen LogP contribution in [0.15, 0.2) is 42.5 Å². The number of carbonyl (C=O) groups excluding carboxylic acids is 2. The van der Waals surface area contributed by atoms with Crippen molar-refractivity contribution in [2.24, 2.45) is 5.92 Å². The summed E-state index contributed by atoms with van der Waals surface area (Å²) in [4.78, 5) is 27.9. The molecule has 198 valence electrons. The van der Waals surface area contributed by atoms with Crippen LogP contribution in [-0.4, -0.2) is 64.7 Å². The summed E-state index contributed by atoms with van der Waals surface area (Å²) in [7, 11) is -0.992. The number of halogens is 1. The summed E-state index contributed by atoms with van der Waals surface area (Å²) >= 11 is 6.12. The van der Waals surface area contributed by atoms with Crippen molar-refractivity contribution < 1.29 is 27.5 Å². The van der Waals surface area contributed by atoms with Crippen molar-refractivity contribution in [2.45, 2.75) is 33.4 Å². The Bertz CT molecular complexity index is 1170. The molecule has 0 saturated heterocycles. The molecule has 0 fully saturated rings. The molecular formula is C25H34ClN3O6S. The first-order valence-corrected chi connectivity index (χ1v) is 13.6. The molecule has 0 radical (unpaired) electrons. The van der Waals surface area contributed by atoms with Gasteiger partial charge in [-0.3, -0.25) is 13.9 Å². The molecule has 2 aromatic carbocycles.